The molecule has 2 N–H and O–H groups in total. The molecule has 0 saturated carbocycles. The van der Waals surface area contributed by atoms with Gasteiger partial charge >= 0.3 is 5.97 Å². The first kappa shape index (κ1) is 16.1. The monoisotopic (exact) mass is 323 g/mol. The summed E-state index contributed by atoms with van der Waals surface area (Å²) in [6.07, 6.45) is -0.0198. The number of H-pyrrole nitrogens is 1. The summed E-state index contributed by atoms with van der Waals surface area (Å²) in [7, 11) is 1.62. The number of aromatic amines is 1. The van der Waals surface area contributed by atoms with Crippen LogP contribution in [0.1, 0.15) is 30.9 Å². The van der Waals surface area contributed by atoms with Crippen molar-refractivity contribution < 1.29 is 14.6 Å². The van der Waals surface area contributed by atoms with Crippen molar-refractivity contribution in [1.82, 2.24) is 4.98 Å². The topological polar surface area (TPSA) is 62.3 Å². The van der Waals surface area contributed by atoms with Crippen molar-refractivity contribution in [3.8, 4) is 17.0 Å². The summed E-state index contributed by atoms with van der Waals surface area (Å²) in [5.41, 5.74) is 4.79. The molecular weight excluding hydrogens is 302 g/mol. The molecular formula is C20H21NO3. The average molecular weight is 323 g/mol. The minimum Gasteiger partial charge on any atom is -0.497 e. The molecule has 0 fully saturated rings. The Morgan fingerprint density at radius 3 is 2.62 bits per heavy atom. The van der Waals surface area contributed by atoms with Gasteiger partial charge in [0.15, 0.2) is 0 Å². The van der Waals surface area contributed by atoms with Crippen molar-refractivity contribution in [3.05, 3.63) is 53.6 Å². The lowest BCUT2D eigenvalue weighted by Crippen LogP contribution is -2.01. The number of para-hydroxylation sites is 1. The van der Waals surface area contributed by atoms with Crippen molar-refractivity contribution in [2.75, 3.05) is 7.11 Å². The van der Waals surface area contributed by atoms with Crippen molar-refractivity contribution in [1.29, 1.82) is 0 Å². The molecule has 0 aliphatic rings. The fourth-order valence-corrected chi connectivity index (χ4v) is 3.14. The quantitative estimate of drug-likeness (QED) is 0.721. The first-order valence-electron chi connectivity index (χ1n) is 8.01. The molecule has 0 atom stereocenters. The third-order valence-corrected chi connectivity index (χ3v) is 4.28. The average Bonchev–Trinajstić information content (AvgIpc) is 2.92. The number of hydrogen-bond acceptors (Lipinski definition) is 2. The third kappa shape index (κ3) is 2.87. The predicted octanol–water partition coefficient (Wildman–Crippen LogP) is 4.59. The van der Waals surface area contributed by atoms with Gasteiger partial charge in [-0.25, -0.2) is 0 Å². The van der Waals surface area contributed by atoms with Gasteiger partial charge in [-0.3, -0.25) is 4.79 Å². The van der Waals surface area contributed by atoms with Gasteiger partial charge in [0, 0.05) is 16.5 Å². The highest BCUT2D eigenvalue weighted by molar-refractivity contribution is 5.95. The van der Waals surface area contributed by atoms with Crippen LogP contribution in [0.3, 0.4) is 0 Å². The van der Waals surface area contributed by atoms with Crippen LogP contribution in [0, 0.1) is 0 Å². The molecule has 1 heterocycles. The summed E-state index contributed by atoms with van der Waals surface area (Å²) < 4.78 is 5.30. The largest absolute Gasteiger partial charge is 0.497 e. The van der Waals surface area contributed by atoms with Crippen molar-refractivity contribution >= 4 is 16.9 Å². The number of benzene rings is 2. The third-order valence-electron chi connectivity index (χ3n) is 4.28. The van der Waals surface area contributed by atoms with Gasteiger partial charge in [-0.1, -0.05) is 44.2 Å². The predicted molar refractivity (Wildman–Crippen MR) is 95.7 cm³/mol. The minimum absolute atomic E-state index is 0.0198. The van der Waals surface area contributed by atoms with E-state index >= 15 is 0 Å². The van der Waals surface area contributed by atoms with Crippen molar-refractivity contribution in [3.63, 3.8) is 0 Å². The van der Waals surface area contributed by atoms with Gasteiger partial charge in [0.1, 0.15) is 5.75 Å². The number of ether oxygens (including phenoxy) is 1. The first-order valence-corrected chi connectivity index (χ1v) is 8.01. The van der Waals surface area contributed by atoms with Crippen LogP contribution < -0.4 is 4.74 Å². The number of fused-ring (bicyclic) bond motifs is 1. The molecule has 0 spiro atoms. The van der Waals surface area contributed by atoms with E-state index in [2.05, 4.69) is 24.9 Å². The molecule has 0 bridgehead atoms. The lowest BCUT2D eigenvalue weighted by molar-refractivity contribution is -0.136. The van der Waals surface area contributed by atoms with E-state index in [-0.39, 0.29) is 6.42 Å². The van der Waals surface area contributed by atoms with Crippen LogP contribution >= 0.6 is 0 Å². The van der Waals surface area contributed by atoms with Crippen molar-refractivity contribution in [2.45, 2.75) is 26.2 Å². The van der Waals surface area contributed by atoms with E-state index in [9.17, 15) is 9.90 Å². The molecule has 0 unspecified atom stereocenters. The van der Waals surface area contributed by atoms with Gasteiger partial charge in [0.05, 0.1) is 19.2 Å². The second kappa shape index (κ2) is 6.40. The van der Waals surface area contributed by atoms with Crippen LogP contribution in [0.2, 0.25) is 0 Å². The van der Waals surface area contributed by atoms with E-state index in [1.165, 1.54) is 5.56 Å². The van der Waals surface area contributed by atoms with Crippen LogP contribution in [0.4, 0.5) is 0 Å². The Morgan fingerprint density at radius 2 is 1.96 bits per heavy atom. The number of aromatic nitrogens is 1. The van der Waals surface area contributed by atoms with Crippen LogP contribution in [0.5, 0.6) is 5.75 Å². The van der Waals surface area contributed by atoms with Crippen LogP contribution in [-0.2, 0) is 11.2 Å². The summed E-state index contributed by atoms with van der Waals surface area (Å²) in [6, 6.07) is 13.7. The Bertz CT molecular complexity index is 893. The number of carboxylic acids is 1. The Morgan fingerprint density at radius 1 is 1.21 bits per heavy atom. The molecule has 124 valence electrons. The fourth-order valence-electron chi connectivity index (χ4n) is 3.14. The number of hydrogen-bond donors (Lipinski definition) is 2. The zero-order valence-corrected chi connectivity index (χ0v) is 14.1. The Balaban J connectivity index is 2.29. The van der Waals surface area contributed by atoms with Gasteiger partial charge in [0.2, 0.25) is 0 Å². The summed E-state index contributed by atoms with van der Waals surface area (Å²) in [6.45, 7) is 4.27. The highest BCUT2D eigenvalue weighted by Crippen LogP contribution is 2.35. The van der Waals surface area contributed by atoms with E-state index in [0.717, 1.165) is 33.5 Å². The molecule has 0 radical (unpaired) electrons. The molecule has 0 saturated heterocycles. The zero-order valence-electron chi connectivity index (χ0n) is 14.1. The van der Waals surface area contributed by atoms with Gasteiger partial charge in [-0.05, 0) is 29.2 Å². The molecule has 2 aromatic carbocycles. The van der Waals surface area contributed by atoms with E-state index < -0.39 is 5.97 Å². The first-order chi connectivity index (χ1) is 11.5. The van der Waals surface area contributed by atoms with E-state index in [4.69, 9.17) is 4.74 Å². The maximum Gasteiger partial charge on any atom is 0.307 e. The molecule has 4 heteroatoms. The van der Waals surface area contributed by atoms with Crippen LogP contribution in [0.25, 0.3) is 22.2 Å². The number of rotatable bonds is 5. The van der Waals surface area contributed by atoms with Crippen molar-refractivity contribution in [2.24, 2.45) is 0 Å². The standard InChI is InChI=1S/C20H21NO3/c1-12(2)15-8-5-9-16-17(11-18(22)23)19(21-20(15)16)13-6-4-7-14(10-13)24-3/h4-10,12,21H,11H2,1-3H3,(H,22,23). The number of carbonyl (C=O) groups is 1. The SMILES string of the molecule is COc1cccc(-c2[nH]c3c(C(C)C)cccc3c2CC(=O)O)c1. The molecule has 24 heavy (non-hydrogen) atoms. The Hall–Kier alpha value is -2.75. The van der Waals surface area contributed by atoms with E-state index in [1.807, 2.05) is 36.4 Å². The highest BCUT2D eigenvalue weighted by Gasteiger charge is 2.18. The van der Waals surface area contributed by atoms with Crippen LogP contribution in [0.15, 0.2) is 42.5 Å². The fraction of sp³-hybridized carbons (Fsp3) is 0.250. The number of aliphatic carboxylic acids is 1. The molecule has 0 aliphatic heterocycles. The molecule has 4 nitrogen and oxygen atoms in total. The minimum atomic E-state index is -0.838. The second-order valence-corrected chi connectivity index (χ2v) is 6.21. The summed E-state index contributed by atoms with van der Waals surface area (Å²) in [4.78, 5) is 14.9. The van der Waals surface area contributed by atoms with Gasteiger partial charge < -0.3 is 14.8 Å². The lowest BCUT2D eigenvalue weighted by atomic mass is 9.98. The summed E-state index contributed by atoms with van der Waals surface area (Å²) in [5.74, 6) is 0.259. The highest BCUT2D eigenvalue weighted by atomic mass is 16.5. The molecule has 3 rings (SSSR count). The molecule has 0 aliphatic carbocycles. The van der Waals surface area contributed by atoms with Gasteiger partial charge in [-0.2, -0.15) is 0 Å². The normalized spacial score (nSPS) is 11.2. The van der Waals surface area contributed by atoms with Gasteiger partial charge in [-0.15, -0.1) is 0 Å². The number of carboxylic acid groups (broad SMARTS) is 1. The zero-order chi connectivity index (χ0) is 17.3. The maximum atomic E-state index is 11.4. The number of nitrogens with one attached hydrogen (secondary N) is 1. The second-order valence-electron chi connectivity index (χ2n) is 6.21. The molecule has 0 amide bonds. The smallest absolute Gasteiger partial charge is 0.307 e. The van der Waals surface area contributed by atoms with Gasteiger partial charge in [0.25, 0.3) is 0 Å². The van der Waals surface area contributed by atoms with Crippen LogP contribution in [-0.4, -0.2) is 23.2 Å². The summed E-state index contributed by atoms with van der Waals surface area (Å²) in [5, 5.41) is 10.3. The lowest BCUT2D eigenvalue weighted by Gasteiger charge is -2.06. The maximum absolute atomic E-state index is 11.4. The summed E-state index contributed by atoms with van der Waals surface area (Å²) >= 11 is 0. The Labute approximate surface area is 141 Å². The molecule has 1 aromatic heterocycles. The Kier molecular flexibility index (Phi) is 4.30. The molecule has 3 aromatic rings. The number of methoxy groups -OCH3 is 1. The van der Waals surface area contributed by atoms with E-state index in [1.54, 1.807) is 7.11 Å². The van der Waals surface area contributed by atoms with E-state index in [0.29, 0.717) is 5.92 Å².